The highest BCUT2D eigenvalue weighted by Gasteiger charge is 2.02. The van der Waals surface area contributed by atoms with Gasteiger partial charge in [0.15, 0.2) is 0 Å². The van der Waals surface area contributed by atoms with Crippen LogP contribution >= 0.6 is 39.1 Å². The van der Waals surface area contributed by atoms with Crippen molar-refractivity contribution in [2.45, 2.75) is 0 Å². The number of nitrogen functional groups attached to an aromatic ring is 1. The second kappa shape index (κ2) is 2.95. The van der Waals surface area contributed by atoms with Crippen LogP contribution < -0.4 is 5.73 Å². The Morgan fingerprint density at radius 3 is 2.50 bits per heavy atom. The number of rotatable bonds is 0. The lowest BCUT2D eigenvalue weighted by atomic mass is 10.5. The van der Waals surface area contributed by atoms with Crippen molar-refractivity contribution in [3.8, 4) is 0 Å². The average molecular weight is 242 g/mol. The summed E-state index contributed by atoms with van der Waals surface area (Å²) in [7, 11) is 0. The number of hydrogen-bond donors (Lipinski definition) is 1. The molecule has 10 heavy (non-hydrogen) atoms. The molecule has 1 aromatic heterocycles. The summed E-state index contributed by atoms with van der Waals surface area (Å²) in [6, 6.07) is 1.54. The molecule has 0 saturated heterocycles. The van der Waals surface area contributed by atoms with Crippen LogP contribution in [-0.4, -0.2) is 4.98 Å². The fourth-order valence-corrected chi connectivity index (χ4v) is 1.12. The van der Waals surface area contributed by atoms with Crippen LogP contribution in [0, 0.1) is 0 Å². The molecule has 0 fully saturated rings. The van der Waals surface area contributed by atoms with E-state index in [1.54, 1.807) is 0 Å². The third kappa shape index (κ3) is 1.54. The first kappa shape index (κ1) is 8.11. The highest BCUT2D eigenvalue weighted by Crippen LogP contribution is 2.26. The van der Waals surface area contributed by atoms with Crippen LogP contribution in [0.1, 0.15) is 0 Å². The lowest BCUT2D eigenvalue weighted by Gasteiger charge is -1.98. The molecule has 0 atom stereocenters. The van der Waals surface area contributed by atoms with Gasteiger partial charge in [-0.2, -0.15) is 0 Å². The van der Waals surface area contributed by atoms with E-state index in [2.05, 4.69) is 20.9 Å². The lowest BCUT2D eigenvalue weighted by Crippen LogP contribution is -1.91. The maximum Gasteiger partial charge on any atom is 0.143 e. The number of nitrogens with two attached hydrogens (primary N) is 1. The molecule has 0 spiro atoms. The van der Waals surface area contributed by atoms with Crippen molar-refractivity contribution in [3.05, 3.63) is 20.7 Å². The van der Waals surface area contributed by atoms with Crippen molar-refractivity contribution >= 4 is 44.9 Å². The summed E-state index contributed by atoms with van der Waals surface area (Å²) in [6.07, 6.45) is 0. The molecule has 0 amide bonds. The molecule has 2 N–H and O–H groups in total. The number of pyridine rings is 1. The Kier molecular flexibility index (Phi) is 2.39. The molecule has 1 heterocycles. The van der Waals surface area contributed by atoms with Crippen LogP contribution in [0.4, 0.5) is 5.82 Å². The molecule has 1 rings (SSSR count). The van der Waals surface area contributed by atoms with Gasteiger partial charge < -0.3 is 5.73 Å². The average Bonchev–Trinajstić information content (AvgIpc) is 1.84. The van der Waals surface area contributed by atoms with Crippen molar-refractivity contribution in [2.75, 3.05) is 5.73 Å². The zero-order valence-corrected chi connectivity index (χ0v) is 7.83. The minimum atomic E-state index is 0.276. The maximum atomic E-state index is 5.64. The predicted molar refractivity (Wildman–Crippen MR) is 46.4 cm³/mol. The summed E-state index contributed by atoms with van der Waals surface area (Å²) >= 11 is 14.3. The van der Waals surface area contributed by atoms with Crippen LogP contribution in [0.15, 0.2) is 10.7 Å². The van der Waals surface area contributed by atoms with Crippen LogP contribution in [0.2, 0.25) is 10.0 Å². The third-order valence-corrected chi connectivity index (χ3v) is 2.34. The van der Waals surface area contributed by atoms with Crippen LogP contribution in [0.5, 0.6) is 0 Å². The summed E-state index contributed by atoms with van der Waals surface area (Å²) in [5.41, 5.74) is 5.36. The smallest absolute Gasteiger partial charge is 0.143 e. The van der Waals surface area contributed by atoms with Crippen LogP contribution in [-0.2, 0) is 0 Å². The number of halogens is 3. The van der Waals surface area contributed by atoms with Gasteiger partial charge in [-0.05, 0) is 22.0 Å². The second-order valence-electron chi connectivity index (χ2n) is 1.63. The number of aromatic nitrogens is 1. The SMILES string of the molecule is Nc1nc(Br)c(Cl)cc1Cl. The Bertz CT molecular complexity index is 214. The largest absolute Gasteiger partial charge is 0.382 e. The third-order valence-electron chi connectivity index (χ3n) is 0.914. The molecule has 0 aromatic carbocycles. The summed E-state index contributed by atoms with van der Waals surface area (Å²) < 4.78 is 0.510. The zero-order chi connectivity index (χ0) is 7.72. The fraction of sp³-hybridized carbons (Fsp3) is 0. The number of hydrogen-bond acceptors (Lipinski definition) is 2. The Labute approximate surface area is 76.5 Å². The molecule has 1 aromatic rings. The van der Waals surface area contributed by atoms with Gasteiger partial charge in [-0.3, -0.25) is 0 Å². The minimum absolute atomic E-state index is 0.276. The monoisotopic (exact) mass is 240 g/mol. The quantitative estimate of drug-likeness (QED) is 0.710. The molecule has 5 heteroatoms. The van der Waals surface area contributed by atoms with Gasteiger partial charge in [0.05, 0.1) is 10.0 Å². The molecular formula is C5H3BrCl2N2. The molecular weight excluding hydrogens is 239 g/mol. The predicted octanol–water partition coefficient (Wildman–Crippen LogP) is 2.73. The molecule has 0 aliphatic carbocycles. The molecule has 0 radical (unpaired) electrons. The van der Waals surface area contributed by atoms with Crippen molar-refractivity contribution in [3.63, 3.8) is 0 Å². The summed E-state index contributed by atoms with van der Waals surface area (Å²) in [5, 5.41) is 0.826. The van der Waals surface area contributed by atoms with Gasteiger partial charge in [-0.25, -0.2) is 4.98 Å². The van der Waals surface area contributed by atoms with E-state index in [0.717, 1.165) is 0 Å². The number of anilines is 1. The first-order valence-corrected chi connectivity index (χ1v) is 3.93. The van der Waals surface area contributed by atoms with E-state index in [-0.39, 0.29) is 5.82 Å². The van der Waals surface area contributed by atoms with Crippen molar-refractivity contribution < 1.29 is 0 Å². The molecule has 54 valence electrons. The van der Waals surface area contributed by atoms with Gasteiger partial charge >= 0.3 is 0 Å². The fourth-order valence-electron chi connectivity index (χ4n) is 0.457. The van der Waals surface area contributed by atoms with Crippen molar-refractivity contribution in [1.29, 1.82) is 0 Å². The van der Waals surface area contributed by atoms with E-state index in [4.69, 9.17) is 28.9 Å². The summed E-state index contributed by atoms with van der Waals surface area (Å²) in [5.74, 6) is 0.276. The Morgan fingerprint density at radius 2 is 2.00 bits per heavy atom. The van der Waals surface area contributed by atoms with Gasteiger partial charge in [0.2, 0.25) is 0 Å². The van der Waals surface area contributed by atoms with Crippen LogP contribution in [0.25, 0.3) is 0 Å². The van der Waals surface area contributed by atoms with Gasteiger partial charge in [0.1, 0.15) is 10.4 Å². The van der Waals surface area contributed by atoms with E-state index in [1.165, 1.54) is 6.07 Å². The van der Waals surface area contributed by atoms with Crippen molar-refractivity contribution in [2.24, 2.45) is 0 Å². The van der Waals surface area contributed by atoms with Gasteiger partial charge in [-0.1, -0.05) is 23.2 Å². The standard InChI is InChI=1S/C5H3BrCl2N2/c6-4-2(7)1-3(8)5(9)10-4/h1H,(H2,9,10). The Balaban J connectivity index is 3.28. The van der Waals surface area contributed by atoms with Gasteiger partial charge in [-0.15, -0.1) is 0 Å². The maximum absolute atomic E-state index is 5.64. The molecule has 0 unspecified atom stereocenters. The Hall–Kier alpha value is 0.01000. The van der Waals surface area contributed by atoms with Gasteiger partial charge in [0.25, 0.3) is 0 Å². The first-order chi connectivity index (χ1) is 4.61. The van der Waals surface area contributed by atoms with E-state index in [9.17, 15) is 0 Å². The normalized spacial score (nSPS) is 9.90. The highest BCUT2D eigenvalue weighted by molar-refractivity contribution is 9.10. The summed E-state index contributed by atoms with van der Waals surface area (Å²) in [6.45, 7) is 0. The molecule has 0 aliphatic rings. The lowest BCUT2D eigenvalue weighted by molar-refractivity contribution is 1.29. The van der Waals surface area contributed by atoms with Crippen molar-refractivity contribution in [1.82, 2.24) is 4.98 Å². The molecule has 0 aliphatic heterocycles. The second-order valence-corrected chi connectivity index (χ2v) is 3.19. The van der Waals surface area contributed by atoms with E-state index < -0.39 is 0 Å². The molecule has 2 nitrogen and oxygen atoms in total. The summed E-state index contributed by atoms with van der Waals surface area (Å²) in [4.78, 5) is 3.80. The Morgan fingerprint density at radius 1 is 1.40 bits per heavy atom. The zero-order valence-electron chi connectivity index (χ0n) is 4.74. The molecule has 0 saturated carbocycles. The van der Waals surface area contributed by atoms with E-state index in [1.807, 2.05) is 0 Å². The minimum Gasteiger partial charge on any atom is -0.382 e. The molecule has 0 bridgehead atoms. The van der Waals surface area contributed by atoms with E-state index >= 15 is 0 Å². The van der Waals surface area contributed by atoms with E-state index in [0.29, 0.717) is 14.6 Å². The van der Waals surface area contributed by atoms with Gasteiger partial charge in [0, 0.05) is 0 Å². The topological polar surface area (TPSA) is 38.9 Å². The van der Waals surface area contributed by atoms with Crippen LogP contribution in [0.3, 0.4) is 0 Å². The highest BCUT2D eigenvalue weighted by atomic mass is 79.9. The number of nitrogens with zero attached hydrogens (tertiary/aromatic N) is 1. The first-order valence-electron chi connectivity index (χ1n) is 2.38.